The molecule has 2 heterocycles. The van der Waals surface area contributed by atoms with Crippen LogP contribution in [0.5, 0.6) is 0 Å². The van der Waals surface area contributed by atoms with Crippen molar-refractivity contribution in [2.24, 2.45) is 0 Å². The average molecular weight is 402 g/mol. The number of Topliss-reactive ketones (excluding diaryl/α,β-unsaturated/α-hetero) is 1. The Balaban J connectivity index is 1.97. The zero-order valence-corrected chi connectivity index (χ0v) is 15.4. The van der Waals surface area contributed by atoms with Crippen molar-refractivity contribution in [2.75, 3.05) is 4.90 Å². The van der Waals surface area contributed by atoms with Gasteiger partial charge in [-0.2, -0.15) is 0 Å². The highest BCUT2D eigenvalue weighted by atomic mass is 16.6. The van der Waals surface area contributed by atoms with Crippen molar-refractivity contribution in [1.82, 2.24) is 9.97 Å². The lowest BCUT2D eigenvalue weighted by Crippen LogP contribution is -2.31. The van der Waals surface area contributed by atoms with Crippen molar-refractivity contribution in [3.63, 3.8) is 0 Å². The number of carbonyl (C=O) groups excluding carboxylic acids is 2. The van der Waals surface area contributed by atoms with E-state index < -0.39 is 22.7 Å². The molecule has 9 nitrogen and oxygen atoms in total. The number of nitro benzene ring substituents is 1. The van der Waals surface area contributed by atoms with Gasteiger partial charge in [-0.15, -0.1) is 0 Å². The second-order valence-corrected chi connectivity index (χ2v) is 6.44. The molecular formula is C21H14N4O5. The molecule has 1 saturated heterocycles. The van der Waals surface area contributed by atoms with E-state index in [-0.39, 0.29) is 28.5 Å². The number of anilines is 1. The van der Waals surface area contributed by atoms with Gasteiger partial charge >= 0.3 is 5.91 Å². The van der Waals surface area contributed by atoms with Crippen LogP contribution in [-0.4, -0.2) is 31.7 Å². The van der Waals surface area contributed by atoms with Gasteiger partial charge in [0.15, 0.2) is 0 Å². The Labute approximate surface area is 170 Å². The minimum absolute atomic E-state index is 0.0526. The fourth-order valence-corrected chi connectivity index (χ4v) is 3.33. The molecule has 1 aromatic heterocycles. The maximum atomic E-state index is 12.9. The van der Waals surface area contributed by atoms with Crippen molar-refractivity contribution in [3.05, 3.63) is 99.9 Å². The zero-order valence-electron chi connectivity index (χ0n) is 15.4. The lowest BCUT2D eigenvalue weighted by Gasteiger charge is -2.23. The minimum atomic E-state index is -1.13. The van der Waals surface area contributed by atoms with Gasteiger partial charge in [0.2, 0.25) is 5.95 Å². The number of benzene rings is 2. The summed E-state index contributed by atoms with van der Waals surface area (Å²) in [7, 11) is 0. The lowest BCUT2D eigenvalue weighted by molar-refractivity contribution is -0.384. The van der Waals surface area contributed by atoms with Crippen LogP contribution in [0.4, 0.5) is 11.6 Å². The number of hydrogen-bond donors (Lipinski definition) is 1. The molecule has 0 aliphatic carbocycles. The highest BCUT2D eigenvalue weighted by molar-refractivity contribution is 6.51. The Hall–Kier alpha value is -4.40. The van der Waals surface area contributed by atoms with Crippen LogP contribution < -0.4 is 4.90 Å². The fourth-order valence-electron chi connectivity index (χ4n) is 3.33. The molecule has 1 N–H and O–H groups in total. The molecule has 0 bridgehead atoms. The fraction of sp³-hybridized carbons (Fsp3) is 0.0476. The molecule has 2 aromatic carbocycles. The summed E-state index contributed by atoms with van der Waals surface area (Å²) in [4.78, 5) is 45.6. The third-order valence-electron chi connectivity index (χ3n) is 4.66. The monoisotopic (exact) mass is 402 g/mol. The van der Waals surface area contributed by atoms with Crippen molar-refractivity contribution in [2.45, 2.75) is 6.04 Å². The molecule has 9 heteroatoms. The second-order valence-electron chi connectivity index (χ2n) is 6.44. The van der Waals surface area contributed by atoms with Crippen LogP contribution in [0.25, 0.3) is 5.76 Å². The molecule has 0 spiro atoms. The van der Waals surface area contributed by atoms with Gasteiger partial charge in [0.05, 0.1) is 16.5 Å². The first-order valence-electron chi connectivity index (χ1n) is 8.87. The predicted molar refractivity (Wildman–Crippen MR) is 106 cm³/mol. The summed E-state index contributed by atoms with van der Waals surface area (Å²) in [6.07, 6.45) is 2.81. The average Bonchev–Trinajstić information content (AvgIpc) is 3.05. The SMILES string of the molecule is O=C1C(=O)N(c2ncccn2)[C@@H](c2cccc([N+](=O)[O-])c2)/C1=C(\O)c1ccccc1. The highest BCUT2D eigenvalue weighted by Crippen LogP contribution is 2.41. The Bertz CT molecular complexity index is 1180. The topological polar surface area (TPSA) is 127 Å². The molecule has 1 aliphatic rings. The quantitative estimate of drug-likeness (QED) is 0.234. The normalized spacial score (nSPS) is 17.9. The third-order valence-corrected chi connectivity index (χ3v) is 4.66. The van der Waals surface area contributed by atoms with E-state index in [9.17, 15) is 24.8 Å². The maximum absolute atomic E-state index is 12.9. The Morgan fingerprint density at radius 2 is 1.70 bits per heavy atom. The molecule has 0 radical (unpaired) electrons. The smallest absolute Gasteiger partial charge is 0.302 e. The number of non-ortho nitro benzene ring substituents is 1. The number of ketones is 1. The standard InChI is InChI=1S/C21H14N4O5/c26-18(13-6-2-1-3-7-13)16-17(14-8-4-9-15(12-14)25(29)30)24(20(28)19(16)27)21-22-10-5-11-23-21/h1-12,17,26H/b18-16+/t17-/m0/s1. The first kappa shape index (κ1) is 18.9. The molecule has 1 aliphatic heterocycles. The van der Waals surface area contributed by atoms with Gasteiger partial charge < -0.3 is 5.11 Å². The van der Waals surface area contributed by atoms with Crippen molar-refractivity contribution < 1.29 is 19.6 Å². The van der Waals surface area contributed by atoms with Crippen molar-refractivity contribution in [3.8, 4) is 0 Å². The van der Waals surface area contributed by atoms with Crippen LogP contribution in [0.3, 0.4) is 0 Å². The van der Waals surface area contributed by atoms with E-state index >= 15 is 0 Å². The number of carbonyl (C=O) groups is 2. The van der Waals surface area contributed by atoms with Crippen LogP contribution in [-0.2, 0) is 9.59 Å². The molecular weight excluding hydrogens is 388 g/mol. The number of aliphatic hydroxyl groups is 1. The van der Waals surface area contributed by atoms with Crippen LogP contribution >= 0.6 is 0 Å². The summed E-state index contributed by atoms with van der Waals surface area (Å²) >= 11 is 0. The zero-order chi connectivity index (χ0) is 21.3. The summed E-state index contributed by atoms with van der Waals surface area (Å²) in [6, 6.07) is 14.2. The Morgan fingerprint density at radius 1 is 1.00 bits per heavy atom. The number of amides is 1. The molecule has 0 unspecified atom stereocenters. The van der Waals surface area contributed by atoms with Gasteiger partial charge in [-0.05, 0) is 11.6 Å². The summed E-state index contributed by atoms with van der Waals surface area (Å²) in [5.74, 6) is -2.30. The van der Waals surface area contributed by atoms with Crippen LogP contribution in [0, 0.1) is 10.1 Å². The van der Waals surface area contributed by atoms with Crippen LogP contribution in [0.2, 0.25) is 0 Å². The Kier molecular flexibility index (Phi) is 4.77. The molecule has 148 valence electrons. The number of rotatable bonds is 4. The second kappa shape index (κ2) is 7.55. The molecule has 3 aromatic rings. The number of aliphatic hydroxyl groups excluding tert-OH is 1. The van der Waals surface area contributed by atoms with Crippen LogP contribution in [0.15, 0.2) is 78.6 Å². The van der Waals surface area contributed by atoms with E-state index in [1.165, 1.54) is 36.7 Å². The van der Waals surface area contributed by atoms with E-state index in [4.69, 9.17) is 0 Å². The number of nitro groups is 1. The molecule has 1 fully saturated rings. The van der Waals surface area contributed by atoms with Gasteiger partial charge in [-0.25, -0.2) is 9.97 Å². The predicted octanol–water partition coefficient (Wildman–Crippen LogP) is 3.01. The molecule has 1 amide bonds. The largest absolute Gasteiger partial charge is 0.507 e. The van der Waals surface area contributed by atoms with Gasteiger partial charge in [-0.3, -0.25) is 24.6 Å². The number of hydrogen-bond acceptors (Lipinski definition) is 7. The lowest BCUT2D eigenvalue weighted by atomic mass is 9.95. The molecule has 4 rings (SSSR count). The molecule has 0 saturated carbocycles. The van der Waals surface area contributed by atoms with Gasteiger partial charge in [0.1, 0.15) is 5.76 Å². The van der Waals surface area contributed by atoms with E-state index in [1.807, 2.05) is 0 Å². The van der Waals surface area contributed by atoms with Crippen molar-refractivity contribution >= 4 is 29.1 Å². The first-order chi connectivity index (χ1) is 14.5. The Morgan fingerprint density at radius 3 is 2.37 bits per heavy atom. The first-order valence-corrected chi connectivity index (χ1v) is 8.87. The molecule has 30 heavy (non-hydrogen) atoms. The number of aromatic nitrogens is 2. The third kappa shape index (κ3) is 3.18. The summed E-state index contributed by atoms with van der Waals surface area (Å²) < 4.78 is 0. The van der Waals surface area contributed by atoms with Gasteiger partial charge in [-0.1, -0.05) is 42.5 Å². The summed E-state index contributed by atoms with van der Waals surface area (Å²) in [6.45, 7) is 0. The summed E-state index contributed by atoms with van der Waals surface area (Å²) in [5, 5.41) is 22.1. The van der Waals surface area contributed by atoms with E-state index in [0.717, 1.165) is 4.90 Å². The van der Waals surface area contributed by atoms with Gasteiger partial charge in [0, 0.05) is 30.1 Å². The maximum Gasteiger partial charge on any atom is 0.302 e. The van der Waals surface area contributed by atoms with Gasteiger partial charge in [0.25, 0.3) is 11.5 Å². The summed E-state index contributed by atoms with van der Waals surface area (Å²) in [5.41, 5.74) is 0.194. The van der Waals surface area contributed by atoms with Crippen molar-refractivity contribution in [1.29, 1.82) is 0 Å². The van der Waals surface area contributed by atoms with E-state index in [0.29, 0.717) is 5.56 Å². The van der Waals surface area contributed by atoms with E-state index in [1.54, 1.807) is 36.4 Å². The number of nitrogens with zero attached hydrogens (tertiary/aromatic N) is 4. The van der Waals surface area contributed by atoms with E-state index in [2.05, 4.69) is 9.97 Å². The highest BCUT2D eigenvalue weighted by Gasteiger charge is 2.48. The molecule has 1 atom stereocenters. The minimum Gasteiger partial charge on any atom is -0.507 e. The van der Waals surface area contributed by atoms with Crippen LogP contribution in [0.1, 0.15) is 17.2 Å².